The Morgan fingerprint density at radius 1 is 0.833 bits per heavy atom. The van der Waals surface area contributed by atoms with Crippen molar-refractivity contribution in [3.63, 3.8) is 0 Å². The lowest BCUT2D eigenvalue weighted by Gasteiger charge is -2.20. The van der Waals surface area contributed by atoms with Crippen LogP contribution in [0, 0.1) is 0 Å². The van der Waals surface area contributed by atoms with E-state index in [2.05, 4.69) is 56.3 Å². The Bertz CT molecular complexity index is 965. The Balaban J connectivity index is 0.000000208. The van der Waals surface area contributed by atoms with Crippen molar-refractivity contribution >= 4 is 23.1 Å². The van der Waals surface area contributed by atoms with Gasteiger partial charge in [-0.2, -0.15) is 9.97 Å². The molecule has 0 bridgehead atoms. The third kappa shape index (κ3) is 9.65. The van der Waals surface area contributed by atoms with Gasteiger partial charge in [0.25, 0.3) is 11.8 Å². The van der Waals surface area contributed by atoms with Crippen molar-refractivity contribution in [3.8, 4) is 0 Å². The van der Waals surface area contributed by atoms with Gasteiger partial charge in [-0.05, 0) is 26.9 Å². The quantitative estimate of drug-likeness (QED) is 0.528. The molecule has 4 heterocycles. The summed E-state index contributed by atoms with van der Waals surface area (Å²) in [5.74, 6) is -1.21. The molecular formula is C22H32N6O8. The van der Waals surface area contributed by atoms with Gasteiger partial charge in [0.15, 0.2) is 11.6 Å². The summed E-state index contributed by atoms with van der Waals surface area (Å²) in [6.45, 7) is 4.70. The Kier molecular flexibility index (Phi) is 11.9. The van der Waals surface area contributed by atoms with Crippen molar-refractivity contribution < 1.29 is 38.3 Å². The van der Waals surface area contributed by atoms with Crippen LogP contribution in [0.5, 0.6) is 0 Å². The molecule has 36 heavy (non-hydrogen) atoms. The van der Waals surface area contributed by atoms with Crippen molar-refractivity contribution in [2.45, 2.75) is 26.1 Å². The van der Waals surface area contributed by atoms with Gasteiger partial charge in [0.2, 0.25) is 0 Å². The van der Waals surface area contributed by atoms with Crippen molar-refractivity contribution in [3.05, 3.63) is 35.6 Å². The second-order valence-corrected chi connectivity index (χ2v) is 8.02. The van der Waals surface area contributed by atoms with E-state index in [0.29, 0.717) is 36.6 Å². The lowest BCUT2D eigenvalue weighted by molar-refractivity contribution is -0.159. The highest BCUT2D eigenvalue weighted by Crippen LogP contribution is 2.19. The molecule has 0 radical (unpaired) electrons. The minimum absolute atomic E-state index is 0.395. The lowest BCUT2D eigenvalue weighted by atomic mass is 10.1. The van der Waals surface area contributed by atoms with Crippen molar-refractivity contribution in [1.82, 2.24) is 30.1 Å². The SMILES string of the molecule is COCc1noc(C2=CCCN(C)C2)n1.COCc1noc(C2=CCCN(C)C2)n1.O=C(O)C(=O)O. The van der Waals surface area contributed by atoms with Gasteiger partial charge in [-0.15, -0.1) is 0 Å². The van der Waals surface area contributed by atoms with Gasteiger partial charge < -0.3 is 38.5 Å². The molecule has 0 fully saturated rings. The number of carboxylic acids is 2. The van der Waals surface area contributed by atoms with Crippen LogP contribution in [0.2, 0.25) is 0 Å². The predicted octanol–water partition coefficient (Wildman–Crippen LogP) is 1.03. The van der Waals surface area contributed by atoms with Gasteiger partial charge in [0.05, 0.1) is 0 Å². The molecule has 198 valence electrons. The molecule has 0 saturated heterocycles. The maximum atomic E-state index is 9.10. The van der Waals surface area contributed by atoms with E-state index in [1.807, 2.05) is 0 Å². The minimum atomic E-state index is -1.82. The highest BCUT2D eigenvalue weighted by molar-refractivity contribution is 6.27. The molecule has 0 saturated carbocycles. The van der Waals surface area contributed by atoms with Crippen LogP contribution < -0.4 is 0 Å². The zero-order chi connectivity index (χ0) is 26.5. The number of methoxy groups -OCH3 is 2. The number of nitrogens with zero attached hydrogens (tertiary/aromatic N) is 6. The molecule has 14 nitrogen and oxygen atoms in total. The van der Waals surface area contributed by atoms with E-state index in [4.69, 9.17) is 38.3 Å². The monoisotopic (exact) mass is 508 g/mol. The van der Waals surface area contributed by atoms with Crippen LogP contribution in [0.1, 0.15) is 36.3 Å². The lowest BCUT2D eigenvalue weighted by Crippen LogP contribution is -2.25. The van der Waals surface area contributed by atoms with Crippen LogP contribution in [0.25, 0.3) is 11.1 Å². The highest BCUT2D eigenvalue weighted by atomic mass is 16.5. The van der Waals surface area contributed by atoms with E-state index in [1.165, 1.54) is 0 Å². The molecule has 14 heteroatoms. The van der Waals surface area contributed by atoms with E-state index < -0.39 is 11.9 Å². The molecule has 0 amide bonds. The molecule has 4 rings (SSSR count). The molecule has 0 aliphatic carbocycles. The number of aliphatic carboxylic acids is 2. The molecule has 2 N–H and O–H groups in total. The number of ether oxygens (including phenoxy) is 2. The number of likely N-dealkylation sites (N-methyl/N-ethyl adjacent to an activating group) is 2. The molecule has 0 unspecified atom stereocenters. The topological polar surface area (TPSA) is 177 Å². The standard InChI is InChI=1S/2C10H15N3O2.C2H2O4/c2*1-13-5-3-4-8(6-13)10-11-9(7-14-2)12-15-10;3-1(4)2(5)6/h2*4H,3,5-7H2,1-2H3;(H,3,4)(H,5,6). The summed E-state index contributed by atoms with van der Waals surface area (Å²) in [6, 6.07) is 0. The van der Waals surface area contributed by atoms with Crippen molar-refractivity contribution in [2.24, 2.45) is 0 Å². The van der Waals surface area contributed by atoms with Crippen LogP contribution >= 0.6 is 0 Å². The molecule has 2 aliphatic heterocycles. The third-order valence-corrected chi connectivity index (χ3v) is 4.90. The summed E-state index contributed by atoms with van der Waals surface area (Å²) >= 11 is 0. The Labute approximate surface area is 208 Å². The van der Waals surface area contributed by atoms with Gasteiger partial charge in [-0.1, -0.05) is 22.5 Å². The molecule has 0 atom stereocenters. The van der Waals surface area contributed by atoms with Crippen LogP contribution in [-0.2, 0) is 32.3 Å². The minimum Gasteiger partial charge on any atom is -0.473 e. The van der Waals surface area contributed by atoms with E-state index in [9.17, 15) is 0 Å². The highest BCUT2D eigenvalue weighted by Gasteiger charge is 2.17. The number of aromatic nitrogens is 4. The molecule has 2 aliphatic rings. The first-order valence-electron chi connectivity index (χ1n) is 11.1. The first kappa shape index (κ1) is 28.8. The van der Waals surface area contributed by atoms with E-state index >= 15 is 0 Å². The van der Waals surface area contributed by atoms with Crippen LogP contribution in [0.15, 0.2) is 21.2 Å². The summed E-state index contributed by atoms with van der Waals surface area (Å²) in [5.41, 5.74) is 2.22. The van der Waals surface area contributed by atoms with Gasteiger partial charge in [0.1, 0.15) is 13.2 Å². The molecule has 2 aromatic heterocycles. The summed E-state index contributed by atoms with van der Waals surface area (Å²) in [4.78, 5) is 31.2. The summed E-state index contributed by atoms with van der Waals surface area (Å²) in [5, 5.41) is 22.5. The Hall–Kier alpha value is -3.46. The maximum absolute atomic E-state index is 9.10. The normalized spacial score (nSPS) is 16.1. The molecular weight excluding hydrogens is 476 g/mol. The second-order valence-electron chi connectivity index (χ2n) is 8.02. The number of hydrogen-bond donors (Lipinski definition) is 2. The first-order valence-corrected chi connectivity index (χ1v) is 11.1. The van der Waals surface area contributed by atoms with E-state index in [1.54, 1.807) is 14.2 Å². The summed E-state index contributed by atoms with van der Waals surface area (Å²) in [6.07, 6.45) is 6.38. The summed E-state index contributed by atoms with van der Waals surface area (Å²) in [7, 11) is 7.40. The second kappa shape index (κ2) is 14.8. The van der Waals surface area contributed by atoms with Gasteiger partial charge in [-0.25, -0.2) is 9.59 Å². The molecule has 0 aromatic carbocycles. The smallest absolute Gasteiger partial charge is 0.414 e. The van der Waals surface area contributed by atoms with E-state index in [-0.39, 0.29) is 0 Å². The molecule has 2 aromatic rings. The van der Waals surface area contributed by atoms with Crippen LogP contribution in [-0.4, -0.2) is 107 Å². The van der Waals surface area contributed by atoms with Crippen LogP contribution in [0.3, 0.4) is 0 Å². The van der Waals surface area contributed by atoms with Gasteiger partial charge >= 0.3 is 11.9 Å². The number of rotatable bonds is 6. The average molecular weight is 509 g/mol. The Morgan fingerprint density at radius 3 is 1.53 bits per heavy atom. The fraction of sp³-hybridized carbons (Fsp3) is 0.545. The third-order valence-electron chi connectivity index (χ3n) is 4.90. The van der Waals surface area contributed by atoms with Crippen molar-refractivity contribution in [2.75, 3.05) is 54.5 Å². The first-order chi connectivity index (χ1) is 17.2. The van der Waals surface area contributed by atoms with Gasteiger partial charge in [0, 0.05) is 51.5 Å². The zero-order valence-corrected chi connectivity index (χ0v) is 20.8. The summed E-state index contributed by atoms with van der Waals surface area (Å²) < 4.78 is 20.2. The number of carboxylic acid groups (broad SMARTS) is 2. The number of carbonyl (C=O) groups is 2. The predicted molar refractivity (Wildman–Crippen MR) is 125 cm³/mol. The van der Waals surface area contributed by atoms with Crippen LogP contribution in [0.4, 0.5) is 0 Å². The zero-order valence-electron chi connectivity index (χ0n) is 20.8. The van der Waals surface area contributed by atoms with Crippen molar-refractivity contribution in [1.29, 1.82) is 0 Å². The van der Waals surface area contributed by atoms with E-state index in [0.717, 1.165) is 50.2 Å². The van der Waals surface area contributed by atoms with Gasteiger partial charge in [-0.3, -0.25) is 0 Å². The molecule has 0 spiro atoms. The fourth-order valence-corrected chi connectivity index (χ4v) is 3.24. The fourth-order valence-electron chi connectivity index (χ4n) is 3.24. The largest absolute Gasteiger partial charge is 0.473 e. The average Bonchev–Trinajstić information content (AvgIpc) is 3.51. The number of hydrogen-bond acceptors (Lipinski definition) is 12. The Morgan fingerprint density at radius 2 is 1.22 bits per heavy atom. The maximum Gasteiger partial charge on any atom is 0.414 e.